The molecule has 2 aliphatic rings. The first-order chi connectivity index (χ1) is 7.39. The largest absolute Gasteiger partial charge is 0.493 e. The molecule has 1 aliphatic heterocycles. The van der Waals surface area contributed by atoms with Crippen LogP contribution in [0.15, 0.2) is 30.3 Å². The van der Waals surface area contributed by atoms with Crippen LogP contribution < -0.4 is 4.74 Å². The first-order valence-electron chi connectivity index (χ1n) is 5.65. The van der Waals surface area contributed by atoms with Crippen LogP contribution in [0.25, 0.3) is 0 Å². The van der Waals surface area contributed by atoms with Crippen LogP contribution in [0, 0.1) is 11.3 Å². The molecule has 3 rings (SSSR count). The fraction of sp³-hybridized carbons (Fsp3) is 0.538. The molecule has 0 spiro atoms. The Labute approximate surface area is 90.2 Å². The van der Waals surface area contributed by atoms with Gasteiger partial charge in [0, 0.05) is 12.0 Å². The van der Waals surface area contributed by atoms with E-state index in [1.165, 1.54) is 12.8 Å². The summed E-state index contributed by atoms with van der Waals surface area (Å²) < 4.78 is 11.3. The van der Waals surface area contributed by atoms with Crippen molar-refractivity contribution in [1.82, 2.24) is 0 Å². The van der Waals surface area contributed by atoms with Gasteiger partial charge in [-0.15, -0.1) is 0 Å². The smallest absolute Gasteiger partial charge is 0.119 e. The number of hydrogen-bond acceptors (Lipinski definition) is 2. The first-order valence-corrected chi connectivity index (χ1v) is 5.65. The third kappa shape index (κ3) is 1.74. The van der Waals surface area contributed by atoms with E-state index in [4.69, 9.17) is 9.47 Å². The normalized spacial score (nSPS) is 33.2. The third-order valence-electron chi connectivity index (χ3n) is 3.63. The molecule has 80 valence electrons. The Hall–Kier alpha value is -1.02. The monoisotopic (exact) mass is 204 g/mol. The minimum Gasteiger partial charge on any atom is -0.493 e. The van der Waals surface area contributed by atoms with Crippen molar-refractivity contribution in [3.8, 4) is 5.75 Å². The molecule has 1 saturated carbocycles. The molecule has 0 bridgehead atoms. The number of benzene rings is 1. The zero-order valence-electron chi connectivity index (χ0n) is 8.82. The van der Waals surface area contributed by atoms with Crippen LogP contribution in [-0.4, -0.2) is 19.8 Å². The van der Waals surface area contributed by atoms with Crippen molar-refractivity contribution in [2.45, 2.75) is 12.8 Å². The van der Waals surface area contributed by atoms with Gasteiger partial charge in [-0.05, 0) is 30.9 Å². The summed E-state index contributed by atoms with van der Waals surface area (Å²) in [7, 11) is 0. The highest BCUT2D eigenvalue weighted by molar-refractivity contribution is 5.21. The van der Waals surface area contributed by atoms with Gasteiger partial charge in [-0.2, -0.15) is 0 Å². The molecular formula is C13H16O2. The molecule has 1 aromatic carbocycles. The molecule has 0 amide bonds. The van der Waals surface area contributed by atoms with Gasteiger partial charge in [0.2, 0.25) is 0 Å². The minimum absolute atomic E-state index is 0.355. The van der Waals surface area contributed by atoms with Crippen molar-refractivity contribution in [1.29, 1.82) is 0 Å². The van der Waals surface area contributed by atoms with Crippen molar-refractivity contribution in [3.05, 3.63) is 30.3 Å². The second kappa shape index (κ2) is 3.53. The number of ether oxygens (including phenoxy) is 2. The van der Waals surface area contributed by atoms with E-state index in [1.807, 2.05) is 30.3 Å². The maximum absolute atomic E-state index is 5.81. The molecule has 1 aliphatic carbocycles. The van der Waals surface area contributed by atoms with Crippen molar-refractivity contribution < 1.29 is 9.47 Å². The summed E-state index contributed by atoms with van der Waals surface area (Å²) in [6, 6.07) is 10.0. The minimum atomic E-state index is 0.355. The molecule has 1 saturated heterocycles. The Bertz CT molecular complexity index is 336. The topological polar surface area (TPSA) is 18.5 Å². The van der Waals surface area contributed by atoms with Crippen LogP contribution in [0.2, 0.25) is 0 Å². The van der Waals surface area contributed by atoms with Gasteiger partial charge in [0.25, 0.3) is 0 Å². The summed E-state index contributed by atoms with van der Waals surface area (Å²) in [5.74, 6) is 1.83. The first kappa shape index (κ1) is 9.22. The summed E-state index contributed by atoms with van der Waals surface area (Å²) in [5.41, 5.74) is 0.355. The lowest BCUT2D eigenvalue weighted by atomic mass is 10.0. The number of para-hydroxylation sites is 1. The summed E-state index contributed by atoms with van der Waals surface area (Å²) in [6.45, 7) is 2.66. The van der Waals surface area contributed by atoms with Gasteiger partial charge >= 0.3 is 0 Å². The van der Waals surface area contributed by atoms with Crippen molar-refractivity contribution >= 4 is 0 Å². The molecule has 0 N–H and O–H groups in total. The lowest BCUT2D eigenvalue weighted by Gasteiger charge is -2.22. The predicted octanol–water partition coefficient (Wildman–Crippen LogP) is 2.49. The molecular weight excluding hydrogens is 188 g/mol. The maximum atomic E-state index is 5.81. The molecule has 0 radical (unpaired) electrons. The zero-order valence-corrected chi connectivity index (χ0v) is 8.82. The molecule has 2 atom stereocenters. The Morgan fingerprint density at radius 3 is 3.00 bits per heavy atom. The average Bonchev–Trinajstić information content (AvgIpc) is 3.03. The van der Waals surface area contributed by atoms with Crippen molar-refractivity contribution in [2.75, 3.05) is 19.8 Å². The van der Waals surface area contributed by atoms with E-state index in [0.29, 0.717) is 5.41 Å². The van der Waals surface area contributed by atoms with Gasteiger partial charge < -0.3 is 9.47 Å². The molecule has 15 heavy (non-hydrogen) atoms. The van der Waals surface area contributed by atoms with Crippen LogP contribution in [-0.2, 0) is 4.74 Å². The average molecular weight is 204 g/mol. The van der Waals surface area contributed by atoms with Crippen LogP contribution in [0.5, 0.6) is 5.75 Å². The lowest BCUT2D eigenvalue weighted by Crippen LogP contribution is -2.26. The standard InChI is InChI=1S/C13H16O2/c1-2-4-12(5-3-1)15-10-13-8-11(13)6-7-14-9-13/h1-5,11H,6-10H2. The van der Waals surface area contributed by atoms with E-state index >= 15 is 0 Å². The molecule has 2 nitrogen and oxygen atoms in total. The van der Waals surface area contributed by atoms with E-state index in [0.717, 1.165) is 31.5 Å². The van der Waals surface area contributed by atoms with E-state index < -0.39 is 0 Å². The SMILES string of the molecule is c1ccc(OCC23COCCC2C3)cc1. The highest BCUT2D eigenvalue weighted by Gasteiger charge is 2.56. The molecule has 1 heterocycles. The van der Waals surface area contributed by atoms with Crippen LogP contribution in [0.3, 0.4) is 0 Å². The highest BCUT2D eigenvalue weighted by atomic mass is 16.5. The summed E-state index contributed by atoms with van der Waals surface area (Å²) in [4.78, 5) is 0. The summed E-state index contributed by atoms with van der Waals surface area (Å²) in [6.07, 6.45) is 2.51. The fourth-order valence-corrected chi connectivity index (χ4v) is 2.48. The van der Waals surface area contributed by atoms with Crippen LogP contribution >= 0.6 is 0 Å². The number of hydrogen-bond donors (Lipinski definition) is 0. The second-order valence-electron chi connectivity index (χ2n) is 4.71. The summed E-state index contributed by atoms with van der Waals surface area (Å²) >= 11 is 0. The van der Waals surface area contributed by atoms with Gasteiger partial charge in [0.1, 0.15) is 5.75 Å². The van der Waals surface area contributed by atoms with E-state index in [-0.39, 0.29) is 0 Å². The molecule has 2 unspecified atom stereocenters. The number of rotatable bonds is 3. The second-order valence-corrected chi connectivity index (χ2v) is 4.71. The molecule has 0 aromatic heterocycles. The van der Waals surface area contributed by atoms with Gasteiger partial charge in [-0.25, -0.2) is 0 Å². The van der Waals surface area contributed by atoms with E-state index in [2.05, 4.69) is 0 Å². The van der Waals surface area contributed by atoms with Crippen molar-refractivity contribution in [2.24, 2.45) is 11.3 Å². The Morgan fingerprint density at radius 1 is 1.33 bits per heavy atom. The predicted molar refractivity (Wildman–Crippen MR) is 57.9 cm³/mol. The van der Waals surface area contributed by atoms with Gasteiger partial charge in [-0.3, -0.25) is 0 Å². The Balaban J connectivity index is 1.59. The highest BCUT2D eigenvalue weighted by Crippen LogP contribution is 2.56. The van der Waals surface area contributed by atoms with Gasteiger partial charge in [0.05, 0.1) is 13.2 Å². The van der Waals surface area contributed by atoms with Crippen LogP contribution in [0.4, 0.5) is 0 Å². The lowest BCUT2D eigenvalue weighted by molar-refractivity contribution is 0.0251. The van der Waals surface area contributed by atoms with E-state index in [9.17, 15) is 0 Å². The fourth-order valence-electron chi connectivity index (χ4n) is 2.48. The van der Waals surface area contributed by atoms with Crippen molar-refractivity contribution in [3.63, 3.8) is 0 Å². The zero-order chi connectivity index (χ0) is 10.1. The summed E-state index contributed by atoms with van der Waals surface area (Å²) in [5, 5.41) is 0. The molecule has 2 heteroatoms. The quantitative estimate of drug-likeness (QED) is 0.753. The van der Waals surface area contributed by atoms with Gasteiger partial charge in [0.15, 0.2) is 0 Å². The van der Waals surface area contributed by atoms with E-state index in [1.54, 1.807) is 0 Å². The van der Waals surface area contributed by atoms with Crippen LogP contribution in [0.1, 0.15) is 12.8 Å². The maximum Gasteiger partial charge on any atom is 0.119 e. The Morgan fingerprint density at radius 2 is 2.20 bits per heavy atom. The molecule has 2 fully saturated rings. The van der Waals surface area contributed by atoms with Gasteiger partial charge in [-0.1, -0.05) is 18.2 Å². The Kier molecular flexibility index (Phi) is 2.17. The number of fused-ring (bicyclic) bond motifs is 1. The third-order valence-corrected chi connectivity index (χ3v) is 3.63. The molecule has 1 aromatic rings.